The summed E-state index contributed by atoms with van der Waals surface area (Å²) in [7, 11) is 0. The number of anilines is 1. The highest BCUT2D eigenvalue weighted by Crippen LogP contribution is 2.36. The lowest BCUT2D eigenvalue weighted by atomic mass is 10.2. The van der Waals surface area contributed by atoms with Crippen LogP contribution in [0.5, 0.6) is 0 Å². The maximum absolute atomic E-state index is 14.4. The van der Waals surface area contributed by atoms with Gasteiger partial charge in [0.15, 0.2) is 11.0 Å². The molecule has 1 aromatic carbocycles. The van der Waals surface area contributed by atoms with E-state index in [1.54, 1.807) is 25.1 Å². The van der Waals surface area contributed by atoms with Crippen molar-refractivity contribution in [3.8, 4) is 17.5 Å². The monoisotopic (exact) mass is 459 g/mol. The standard InChI is InChI=1S/C21H22FN5O2S2/c1-4-29-20(28)17-15(14(9-23)18(24)31-17)11-30-21-26-25-19(27(21)10-12(2)3)13-7-5-6-8-16(13)22/h5-8,12H,4,10-11,24H2,1-3H3. The number of rotatable bonds is 8. The lowest BCUT2D eigenvalue weighted by Gasteiger charge is -2.13. The van der Waals surface area contributed by atoms with Crippen molar-refractivity contribution in [2.45, 2.75) is 38.2 Å². The van der Waals surface area contributed by atoms with Gasteiger partial charge in [0.25, 0.3) is 0 Å². The van der Waals surface area contributed by atoms with Gasteiger partial charge in [-0.2, -0.15) is 5.26 Å². The minimum atomic E-state index is -0.507. The van der Waals surface area contributed by atoms with Crippen LogP contribution in [0.4, 0.5) is 9.39 Å². The Morgan fingerprint density at radius 3 is 2.77 bits per heavy atom. The molecule has 162 valence electrons. The number of thioether (sulfide) groups is 1. The van der Waals surface area contributed by atoms with Crippen LogP contribution in [0.1, 0.15) is 41.6 Å². The Labute approximate surface area is 188 Å². The SMILES string of the molecule is CCOC(=O)c1sc(N)c(C#N)c1CSc1nnc(-c2ccccc2F)n1CC(C)C. The summed E-state index contributed by atoms with van der Waals surface area (Å²) >= 11 is 2.36. The maximum atomic E-state index is 14.4. The van der Waals surface area contributed by atoms with Crippen LogP contribution in [0.15, 0.2) is 29.4 Å². The van der Waals surface area contributed by atoms with Crippen molar-refractivity contribution in [3.05, 3.63) is 46.1 Å². The summed E-state index contributed by atoms with van der Waals surface area (Å²) in [5.41, 5.74) is 7.10. The van der Waals surface area contributed by atoms with Gasteiger partial charge in [-0.1, -0.05) is 37.7 Å². The first-order valence-electron chi connectivity index (χ1n) is 9.66. The first-order valence-corrected chi connectivity index (χ1v) is 11.5. The summed E-state index contributed by atoms with van der Waals surface area (Å²) in [6, 6.07) is 8.50. The van der Waals surface area contributed by atoms with Crippen LogP contribution in [0, 0.1) is 23.1 Å². The minimum Gasteiger partial charge on any atom is -0.462 e. The summed E-state index contributed by atoms with van der Waals surface area (Å²) in [5.74, 6) is 0.0937. The van der Waals surface area contributed by atoms with E-state index in [9.17, 15) is 14.4 Å². The molecule has 3 rings (SSSR count). The molecule has 0 fully saturated rings. The van der Waals surface area contributed by atoms with E-state index in [1.807, 2.05) is 18.4 Å². The zero-order valence-corrected chi connectivity index (χ0v) is 19.0. The van der Waals surface area contributed by atoms with Gasteiger partial charge in [-0.05, 0) is 25.0 Å². The van der Waals surface area contributed by atoms with E-state index in [-0.39, 0.29) is 34.7 Å². The molecule has 0 aliphatic heterocycles. The molecule has 0 bridgehead atoms. The number of nitriles is 1. The molecule has 0 radical (unpaired) electrons. The zero-order chi connectivity index (χ0) is 22.5. The molecule has 0 atom stereocenters. The Kier molecular flexibility index (Phi) is 7.30. The predicted octanol–water partition coefficient (Wildman–Crippen LogP) is 4.72. The third-order valence-electron chi connectivity index (χ3n) is 4.33. The summed E-state index contributed by atoms with van der Waals surface area (Å²) in [5, 5.41) is 18.8. The lowest BCUT2D eigenvalue weighted by Crippen LogP contribution is -2.09. The van der Waals surface area contributed by atoms with Crippen molar-refractivity contribution in [1.29, 1.82) is 5.26 Å². The molecule has 0 unspecified atom stereocenters. The molecule has 10 heteroatoms. The van der Waals surface area contributed by atoms with E-state index in [4.69, 9.17) is 10.5 Å². The van der Waals surface area contributed by atoms with Gasteiger partial charge in [-0.25, -0.2) is 9.18 Å². The number of benzene rings is 1. The third kappa shape index (κ3) is 4.89. The maximum Gasteiger partial charge on any atom is 0.348 e. The number of nitrogens with zero attached hydrogens (tertiary/aromatic N) is 4. The van der Waals surface area contributed by atoms with Gasteiger partial charge in [0.1, 0.15) is 21.8 Å². The van der Waals surface area contributed by atoms with Gasteiger partial charge in [-0.15, -0.1) is 21.5 Å². The number of esters is 1. The molecule has 0 saturated carbocycles. The smallest absolute Gasteiger partial charge is 0.348 e. The first-order chi connectivity index (χ1) is 14.9. The first kappa shape index (κ1) is 22.8. The number of aromatic nitrogens is 3. The summed E-state index contributed by atoms with van der Waals surface area (Å²) in [6.07, 6.45) is 0. The number of nitrogen functional groups attached to an aromatic ring is 1. The molecule has 31 heavy (non-hydrogen) atoms. The van der Waals surface area contributed by atoms with E-state index in [0.717, 1.165) is 11.3 Å². The van der Waals surface area contributed by atoms with E-state index in [1.165, 1.54) is 17.8 Å². The second kappa shape index (κ2) is 9.94. The van der Waals surface area contributed by atoms with Crippen molar-refractivity contribution in [1.82, 2.24) is 14.8 Å². The molecule has 0 saturated heterocycles. The van der Waals surface area contributed by atoms with E-state index in [2.05, 4.69) is 16.3 Å². The predicted molar refractivity (Wildman–Crippen MR) is 119 cm³/mol. The number of hydrogen-bond acceptors (Lipinski definition) is 8. The van der Waals surface area contributed by atoms with Crippen LogP contribution in [0.25, 0.3) is 11.4 Å². The molecule has 0 aliphatic rings. The highest BCUT2D eigenvalue weighted by atomic mass is 32.2. The number of thiophene rings is 1. The molecule has 2 aromatic heterocycles. The summed E-state index contributed by atoms with van der Waals surface area (Å²) in [6.45, 7) is 6.62. The second-order valence-corrected chi connectivity index (χ2v) is 9.06. The summed E-state index contributed by atoms with van der Waals surface area (Å²) < 4.78 is 21.3. The van der Waals surface area contributed by atoms with Crippen molar-refractivity contribution in [2.75, 3.05) is 12.3 Å². The number of nitrogens with two attached hydrogens (primary N) is 1. The van der Waals surface area contributed by atoms with Gasteiger partial charge < -0.3 is 15.0 Å². The van der Waals surface area contributed by atoms with Crippen LogP contribution in [-0.2, 0) is 17.0 Å². The van der Waals surface area contributed by atoms with Gasteiger partial charge in [0.2, 0.25) is 0 Å². The summed E-state index contributed by atoms with van der Waals surface area (Å²) in [4.78, 5) is 12.6. The zero-order valence-electron chi connectivity index (χ0n) is 17.4. The second-order valence-electron chi connectivity index (χ2n) is 7.06. The molecule has 2 heterocycles. The Morgan fingerprint density at radius 2 is 2.13 bits per heavy atom. The van der Waals surface area contributed by atoms with Gasteiger partial charge in [0, 0.05) is 17.9 Å². The molecule has 0 aliphatic carbocycles. The highest BCUT2D eigenvalue weighted by molar-refractivity contribution is 7.98. The Balaban J connectivity index is 1.97. The number of carbonyl (C=O) groups excluding carboxylic acids is 1. The molecule has 2 N–H and O–H groups in total. The van der Waals surface area contributed by atoms with Crippen LogP contribution < -0.4 is 5.73 Å². The molecule has 0 spiro atoms. The van der Waals surface area contributed by atoms with Crippen LogP contribution in [-0.4, -0.2) is 27.3 Å². The normalized spacial score (nSPS) is 11.0. The molecular weight excluding hydrogens is 437 g/mol. The van der Waals surface area contributed by atoms with Gasteiger partial charge in [0.05, 0.1) is 17.7 Å². The largest absolute Gasteiger partial charge is 0.462 e. The fourth-order valence-corrected chi connectivity index (χ4v) is 5.01. The van der Waals surface area contributed by atoms with Crippen molar-refractivity contribution in [3.63, 3.8) is 0 Å². The number of halogens is 1. The molecule has 7 nitrogen and oxygen atoms in total. The topological polar surface area (TPSA) is 107 Å². The van der Waals surface area contributed by atoms with E-state index >= 15 is 0 Å². The quantitative estimate of drug-likeness (QED) is 0.383. The van der Waals surface area contributed by atoms with Crippen molar-refractivity contribution >= 4 is 34.1 Å². The molecule has 0 amide bonds. The number of carbonyl (C=O) groups is 1. The van der Waals surface area contributed by atoms with Crippen molar-refractivity contribution in [2.24, 2.45) is 5.92 Å². The fraction of sp³-hybridized carbons (Fsp3) is 0.333. The average Bonchev–Trinajstić information content (AvgIpc) is 3.26. The average molecular weight is 460 g/mol. The van der Waals surface area contributed by atoms with E-state index in [0.29, 0.717) is 33.5 Å². The molecular formula is C21H22FN5O2S2. The Hall–Kier alpha value is -2.90. The number of hydrogen-bond donors (Lipinski definition) is 1. The highest BCUT2D eigenvalue weighted by Gasteiger charge is 2.24. The van der Waals surface area contributed by atoms with Crippen LogP contribution in [0.3, 0.4) is 0 Å². The minimum absolute atomic E-state index is 0.222. The lowest BCUT2D eigenvalue weighted by molar-refractivity contribution is 0.0531. The van der Waals surface area contributed by atoms with Gasteiger partial charge in [-0.3, -0.25) is 0 Å². The third-order valence-corrected chi connectivity index (χ3v) is 6.37. The van der Waals surface area contributed by atoms with Crippen LogP contribution >= 0.6 is 23.1 Å². The van der Waals surface area contributed by atoms with E-state index < -0.39 is 5.97 Å². The van der Waals surface area contributed by atoms with Crippen molar-refractivity contribution < 1.29 is 13.9 Å². The molecule has 3 aromatic rings. The Bertz CT molecular complexity index is 1130. The number of ether oxygens (including phenoxy) is 1. The Morgan fingerprint density at radius 1 is 1.39 bits per heavy atom. The fourth-order valence-electron chi connectivity index (χ4n) is 3.01. The van der Waals surface area contributed by atoms with Gasteiger partial charge >= 0.3 is 5.97 Å². The van der Waals surface area contributed by atoms with Crippen LogP contribution in [0.2, 0.25) is 0 Å².